The summed E-state index contributed by atoms with van der Waals surface area (Å²) in [5.41, 5.74) is 18.2. The number of furan rings is 4. The van der Waals surface area contributed by atoms with E-state index in [0.29, 0.717) is 11.8 Å². The van der Waals surface area contributed by atoms with Crippen molar-refractivity contribution < 1.29 is 17.7 Å². The number of anilines is 6. The zero-order valence-electron chi connectivity index (χ0n) is 46.3. The Morgan fingerprint density at radius 2 is 0.637 bits per heavy atom. The van der Waals surface area contributed by atoms with Crippen LogP contribution in [0.15, 0.2) is 212 Å². The van der Waals surface area contributed by atoms with Crippen LogP contribution in [-0.2, 0) is 0 Å². The van der Waals surface area contributed by atoms with Crippen LogP contribution in [0.5, 0.6) is 0 Å². The fraction of sp³-hybridized carbons (Fsp3) is 0.162. The molecule has 4 heterocycles. The summed E-state index contributed by atoms with van der Waals surface area (Å²) in [6, 6.07) is 70.6. The third kappa shape index (κ3) is 7.52. The van der Waals surface area contributed by atoms with Crippen LogP contribution in [0, 0.1) is 0 Å². The van der Waals surface area contributed by atoms with E-state index in [9.17, 15) is 0 Å². The van der Waals surface area contributed by atoms with Gasteiger partial charge < -0.3 is 27.5 Å². The molecule has 0 saturated heterocycles. The lowest BCUT2D eigenvalue weighted by molar-refractivity contribution is 0.664. The minimum Gasteiger partial charge on any atom is -0.456 e. The number of para-hydroxylation sites is 2. The molecule has 0 spiro atoms. The van der Waals surface area contributed by atoms with Gasteiger partial charge in [0.05, 0.1) is 11.4 Å². The maximum Gasteiger partial charge on any atom is 0.159 e. The third-order valence-corrected chi connectivity index (χ3v) is 16.9. The number of nitrogens with zero attached hydrogens (tertiary/aromatic N) is 2. The summed E-state index contributed by atoms with van der Waals surface area (Å²) in [7, 11) is 0. The maximum absolute atomic E-state index is 6.86. The largest absolute Gasteiger partial charge is 0.456 e. The second kappa shape index (κ2) is 18.2. The first kappa shape index (κ1) is 47.9. The Morgan fingerprint density at radius 1 is 0.263 bits per heavy atom. The molecule has 0 saturated carbocycles. The summed E-state index contributed by atoms with van der Waals surface area (Å²) < 4.78 is 27.4. The van der Waals surface area contributed by atoms with Crippen LogP contribution < -0.4 is 9.80 Å². The van der Waals surface area contributed by atoms with Gasteiger partial charge in [-0.1, -0.05) is 152 Å². The number of rotatable bonds is 10. The molecular weight excluding hydrogens is 981 g/mol. The van der Waals surface area contributed by atoms with E-state index in [2.05, 4.69) is 247 Å². The predicted molar refractivity (Wildman–Crippen MR) is 336 cm³/mol. The van der Waals surface area contributed by atoms with Gasteiger partial charge in [-0.15, -0.1) is 0 Å². The van der Waals surface area contributed by atoms with Crippen LogP contribution in [0.2, 0.25) is 0 Å². The zero-order valence-corrected chi connectivity index (χ0v) is 46.3. The summed E-state index contributed by atoms with van der Waals surface area (Å²) >= 11 is 0. The summed E-state index contributed by atoms with van der Waals surface area (Å²) in [4.78, 5) is 4.78. The highest BCUT2D eigenvalue weighted by Gasteiger charge is 2.27. The number of fused-ring (bicyclic) bond motifs is 14. The molecule has 6 heteroatoms. The Balaban J connectivity index is 0.850. The highest BCUT2D eigenvalue weighted by Crippen LogP contribution is 2.50. The third-order valence-electron chi connectivity index (χ3n) is 16.9. The fourth-order valence-electron chi connectivity index (χ4n) is 12.6. The first-order valence-corrected chi connectivity index (χ1v) is 28.3. The molecule has 15 rings (SSSR count). The van der Waals surface area contributed by atoms with Crippen LogP contribution in [-0.4, -0.2) is 0 Å². The summed E-state index contributed by atoms with van der Waals surface area (Å²) in [6.45, 7) is 18.0. The van der Waals surface area contributed by atoms with Gasteiger partial charge in [0, 0.05) is 65.8 Å². The molecule has 0 N–H and O–H groups in total. The van der Waals surface area contributed by atoms with E-state index in [1.54, 1.807) is 0 Å². The first-order valence-electron chi connectivity index (χ1n) is 28.3. The molecule has 0 fully saturated rings. The first-order chi connectivity index (χ1) is 38.9. The summed E-state index contributed by atoms with van der Waals surface area (Å²) in [6.07, 6.45) is 0. The molecule has 0 unspecified atom stereocenters. The van der Waals surface area contributed by atoms with Crippen LogP contribution in [0.4, 0.5) is 34.1 Å². The average Bonchev–Trinajstić information content (AvgIpc) is 4.33. The monoisotopic (exact) mass is 1040 g/mol. The van der Waals surface area contributed by atoms with Crippen molar-refractivity contribution in [3.63, 3.8) is 0 Å². The Labute approximate surface area is 464 Å². The molecule has 0 atom stereocenters. The molecule has 390 valence electrons. The quantitative estimate of drug-likeness (QED) is 0.136. The Bertz CT molecular complexity index is 4650. The maximum atomic E-state index is 6.86. The van der Waals surface area contributed by atoms with E-state index >= 15 is 0 Å². The summed E-state index contributed by atoms with van der Waals surface area (Å²) in [5.74, 6) is 1.31. The van der Waals surface area contributed by atoms with E-state index in [4.69, 9.17) is 17.7 Å². The minimum atomic E-state index is 0.240. The lowest BCUT2D eigenvalue weighted by Gasteiger charge is -2.29. The lowest BCUT2D eigenvalue weighted by atomic mass is 9.96. The number of benzene rings is 11. The van der Waals surface area contributed by atoms with Gasteiger partial charge in [-0.3, -0.25) is 0 Å². The van der Waals surface area contributed by atoms with Crippen molar-refractivity contribution >= 4 is 143 Å². The van der Waals surface area contributed by atoms with Gasteiger partial charge in [-0.25, -0.2) is 0 Å². The molecule has 0 aliphatic carbocycles. The van der Waals surface area contributed by atoms with Crippen molar-refractivity contribution in [3.05, 3.63) is 216 Å². The summed E-state index contributed by atoms with van der Waals surface area (Å²) in [5, 5.41) is 13.0. The van der Waals surface area contributed by atoms with Crippen molar-refractivity contribution in [1.82, 2.24) is 0 Å². The van der Waals surface area contributed by atoms with Crippen LogP contribution >= 0.6 is 0 Å². The van der Waals surface area contributed by atoms with E-state index in [1.165, 1.54) is 22.3 Å². The van der Waals surface area contributed by atoms with Gasteiger partial charge in [0.2, 0.25) is 0 Å². The molecule has 0 amide bonds. The van der Waals surface area contributed by atoms with Crippen LogP contribution in [0.25, 0.3) is 109 Å². The van der Waals surface area contributed by atoms with E-state index in [-0.39, 0.29) is 11.8 Å². The van der Waals surface area contributed by atoms with Gasteiger partial charge in [0.25, 0.3) is 0 Å². The van der Waals surface area contributed by atoms with Crippen LogP contribution in [0.3, 0.4) is 0 Å². The second-order valence-electron chi connectivity index (χ2n) is 23.2. The van der Waals surface area contributed by atoms with Crippen molar-refractivity contribution in [2.75, 3.05) is 9.80 Å². The molecule has 0 bridgehead atoms. The van der Waals surface area contributed by atoms with Gasteiger partial charge in [-0.05, 0) is 165 Å². The molecule has 0 radical (unpaired) electrons. The van der Waals surface area contributed by atoms with E-state index in [1.807, 2.05) is 12.1 Å². The standard InChI is InChI=1S/C74H60N2O4/c1-41(2)45-17-23-51(24-18-45)75(71-55(43(5)6)29-31-59-57-13-9-11-15-65(57)79-73(59)71)53-27-21-47-35-61-63-39-70-64(40-69(63)77-67(61)37-49(47)33-53)62-36-48-22-28-54(34-50(48)38-68(62)78-70)76(52-25-19-46(20-26-52)42(3)4)72-56(44(7)8)30-32-60-58-14-10-12-16-66(58)80-74(60)72/h9-44H,1-8H3. The van der Waals surface area contributed by atoms with Gasteiger partial charge in [0.15, 0.2) is 11.2 Å². The Morgan fingerprint density at radius 3 is 1.04 bits per heavy atom. The normalized spacial score (nSPS) is 12.4. The Hall–Kier alpha value is -9.26. The smallest absolute Gasteiger partial charge is 0.159 e. The second-order valence-corrected chi connectivity index (χ2v) is 23.2. The van der Waals surface area contributed by atoms with Gasteiger partial charge in [0.1, 0.15) is 33.5 Å². The van der Waals surface area contributed by atoms with Crippen molar-refractivity contribution in [2.24, 2.45) is 0 Å². The molecular formula is C74H60N2O4. The van der Waals surface area contributed by atoms with E-state index < -0.39 is 0 Å². The SMILES string of the molecule is CC(C)c1ccc(N(c2ccc3cc4c(cc3c2)oc2cc3c(cc24)oc2cc4cc(N(c5ccc(C(C)C)cc5)c5c(C(C)C)ccc6c5oc5ccccc56)ccc4cc23)c2c(C(C)C)ccc3c2oc2ccccc23)cc1. The minimum absolute atomic E-state index is 0.240. The molecule has 6 nitrogen and oxygen atoms in total. The molecule has 80 heavy (non-hydrogen) atoms. The topological polar surface area (TPSA) is 59.0 Å². The lowest BCUT2D eigenvalue weighted by Crippen LogP contribution is -2.13. The molecule has 4 aromatic heterocycles. The predicted octanol–water partition coefficient (Wildman–Crippen LogP) is 23.0. The van der Waals surface area contributed by atoms with Crippen molar-refractivity contribution in [3.8, 4) is 0 Å². The fourth-order valence-corrected chi connectivity index (χ4v) is 12.6. The van der Waals surface area contributed by atoms with Crippen molar-refractivity contribution in [1.29, 1.82) is 0 Å². The van der Waals surface area contributed by atoms with Crippen molar-refractivity contribution in [2.45, 2.75) is 79.1 Å². The van der Waals surface area contributed by atoms with Gasteiger partial charge in [-0.2, -0.15) is 0 Å². The van der Waals surface area contributed by atoms with E-state index in [0.717, 1.165) is 143 Å². The van der Waals surface area contributed by atoms with Gasteiger partial charge >= 0.3 is 0 Å². The highest BCUT2D eigenvalue weighted by atomic mass is 16.3. The Kier molecular flexibility index (Phi) is 10.9. The molecule has 0 aliphatic heterocycles. The molecule has 0 aliphatic rings. The van der Waals surface area contributed by atoms with Crippen LogP contribution in [0.1, 0.15) is 101 Å². The number of hydrogen-bond donors (Lipinski definition) is 0. The average molecular weight is 1040 g/mol. The molecule has 11 aromatic carbocycles. The molecule has 15 aromatic rings. The zero-order chi connectivity index (χ0) is 54.2. The highest BCUT2D eigenvalue weighted by molar-refractivity contribution is 6.19. The number of hydrogen-bond acceptors (Lipinski definition) is 6.